The first-order valence-corrected chi connectivity index (χ1v) is 15.4. The number of nitrogens with zero attached hydrogens (tertiary/aromatic N) is 6. The van der Waals surface area contributed by atoms with Crippen molar-refractivity contribution in [2.45, 2.75) is 39.2 Å². The van der Waals surface area contributed by atoms with Crippen molar-refractivity contribution in [3.8, 4) is 0 Å². The maximum Gasteiger partial charge on any atom is 0.410 e. The lowest BCUT2D eigenvalue weighted by Crippen LogP contribution is -2.50. The fourth-order valence-electron chi connectivity index (χ4n) is 5.17. The first-order chi connectivity index (χ1) is 21.2. The number of ether oxygens (including phenoxy) is 1. The molecule has 45 heavy (non-hydrogen) atoms. The van der Waals surface area contributed by atoms with Gasteiger partial charge in [0, 0.05) is 51.7 Å². The minimum Gasteiger partial charge on any atom is -0.480 e. The van der Waals surface area contributed by atoms with Gasteiger partial charge in [0.1, 0.15) is 17.8 Å². The van der Waals surface area contributed by atoms with E-state index in [1.165, 1.54) is 34.4 Å². The van der Waals surface area contributed by atoms with Gasteiger partial charge < -0.3 is 30.8 Å². The minimum absolute atomic E-state index is 0.0490. The molecular formula is C29H46ClN9O6. The lowest BCUT2D eigenvalue weighted by atomic mass is 9.96. The van der Waals surface area contributed by atoms with Crippen molar-refractivity contribution in [3.05, 3.63) is 35.4 Å². The summed E-state index contributed by atoms with van der Waals surface area (Å²) in [5.74, 6) is 4.74. The van der Waals surface area contributed by atoms with Crippen LogP contribution in [0.2, 0.25) is 5.15 Å². The van der Waals surface area contributed by atoms with E-state index in [4.69, 9.17) is 33.0 Å². The highest BCUT2D eigenvalue weighted by Crippen LogP contribution is 2.22. The molecule has 3 rings (SSSR count). The zero-order chi connectivity index (χ0) is 33.1. The van der Waals surface area contributed by atoms with Crippen LogP contribution in [0, 0.1) is 5.92 Å². The summed E-state index contributed by atoms with van der Waals surface area (Å²) in [5.41, 5.74) is 4.96. The Bertz CT molecular complexity index is 1210. The number of piperazine rings is 1. The van der Waals surface area contributed by atoms with Crippen molar-refractivity contribution in [2.24, 2.45) is 17.5 Å². The van der Waals surface area contributed by atoms with Crippen LogP contribution in [0.5, 0.6) is 0 Å². The maximum atomic E-state index is 13.2. The molecule has 6 N–H and O–H groups in total. The highest BCUT2D eigenvalue weighted by atomic mass is 35.5. The molecule has 2 saturated heterocycles. The van der Waals surface area contributed by atoms with Gasteiger partial charge in [-0.3, -0.25) is 29.1 Å². The number of carboxylic acids is 1. The number of amides is 3. The number of carbonyl (C=O) groups excluding carboxylic acids is 3. The highest BCUT2D eigenvalue weighted by Gasteiger charge is 2.28. The smallest absolute Gasteiger partial charge is 0.410 e. The quantitative estimate of drug-likeness (QED) is 0.143. The Morgan fingerprint density at radius 1 is 1.09 bits per heavy atom. The second-order valence-corrected chi connectivity index (χ2v) is 12.6. The maximum absolute atomic E-state index is 13.2. The summed E-state index contributed by atoms with van der Waals surface area (Å²) < 4.78 is 5.43. The minimum atomic E-state index is -0.792. The standard InChI is InChI=1S/C29H46ClN9O6/c1-29(2,3)45-28(44)38(16-17-39(32)11-8-31)19-24(40)33-22-4-5-23(34-26(22)30)27(43)37-14-12-36(13-15-37)18-21-6-9-35(10-7-21)20-25(41)42/h4-5,8,11,21H,6-7,9-10,12-20,31-32H2,1-3H3,(H,33,40)(H,41,42)/b11-8-. The summed E-state index contributed by atoms with van der Waals surface area (Å²) in [4.78, 5) is 61.2. The summed E-state index contributed by atoms with van der Waals surface area (Å²) in [6, 6.07) is 3.02. The van der Waals surface area contributed by atoms with Crippen LogP contribution in [0.15, 0.2) is 24.5 Å². The van der Waals surface area contributed by atoms with Crippen molar-refractivity contribution < 1.29 is 29.0 Å². The van der Waals surface area contributed by atoms with Crippen LogP contribution in [0.25, 0.3) is 0 Å². The average Bonchev–Trinajstić information content (AvgIpc) is 2.96. The number of carbonyl (C=O) groups is 4. The number of aromatic nitrogens is 1. The van der Waals surface area contributed by atoms with Crippen molar-refractivity contribution >= 4 is 41.2 Å². The molecule has 0 unspecified atom stereocenters. The van der Waals surface area contributed by atoms with Crippen molar-refractivity contribution in [1.82, 2.24) is 29.6 Å². The predicted octanol–water partition coefficient (Wildman–Crippen LogP) is 1.07. The average molecular weight is 652 g/mol. The summed E-state index contributed by atoms with van der Waals surface area (Å²) in [6.07, 6.45) is 3.94. The van der Waals surface area contributed by atoms with E-state index >= 15 is 0 Å². The van der Waals surface area contributed by atoms with Gasteiger partial charge in [0.15, 0.2) is 5.15 Å². The number of likely N-dealkylation sites (tertiary alicyclic amines) is 1. The molecular weight excluding hydrogens is 606 g/mol. The second kappa shape index (κ2) is 16.6. The van der Waals surface area contributed by atoms with Gasteiger partial charge in [-0.2, -0.15) is 0 Å². The normalized spacial score (nSPS) is 16.9. The number of rotatable bonds is 12. The van der Waals surface area contributed by atoms with Gasteiger partial charge >= 0.3 is 12.1 Å². The molecule has 0 radical (unpaired) electrons. The number of nitrogens with two attached hydrogens (primary N) is 2. The van der Waals surface area contributed by atoms with E-state index in [0.717, 1.165) is 45.6 Å². The van der Waals surface area contributed by atoms with Gasteiger partial charge in [-0.1, -0.05) is 11.6 Å². The Hall–Kier alpha value is -3.66. The Morgan fingerprint density at radius 2 is 1.76 bits per heavy atom. The Balaban J connectivity index is 1.51. The van der Waals surface area contributed by atoms with E-state index in [9.17, 15) is 19.2 Å². The van der Waals surface area contributed by atoms with Gasteiger partial charge in [0.05, 0.1) is 18.8 Å². The number of pyridine rings is 1. The van der Waals surface area contributed by atoms with Crippen molar-refractivity contribution in [1.29, 1.82) is 0 Å². The molecule has 2 fully saturated rings. The molecule has 16 heteroatoms. The summed E-state index contributed by atoms with van der Waals surface area (Å²) >= 11 is 6.36. The molecule has 0 aromatic carbocycles. The first-order valence-electron chi connectivity index (χ1n) is 15.0. The number of anilines is 1. The largest absolute Gasteiger partial charge is 0.480 e. The molecule has 15 nitrogen and oxygen atoms in total. The number of halogens is 1. The van der Waals surface area contributed by atoms with Crippen LogP contribution in [0.1, 0.15) is 44.1 Å². The predicted molar refractivity (Wildman–Crippen MR) is 169 cm³/mol. The van der Waals surface area contributed by atoms with Gasteiger partial charge in [0.2, 0.25) is 5.91 Å². The van der Waals surface area contributed by atoms with Crippen LogP contribution in [0.4, 0.5) is 10.5 Å². The zero-order valence-electron chi connectivity index (χ0n) is 26.3. The van der Waals surface area contributed by atoms with E-state index in [0.29, 0.717) is 19.0 Å². The molecule has 0 spiro atoms. The van der Waals surface area contributed by atoms with Gasteiger partial charge in [0.25, 0.3) is 5.91 Å². The molecule has 0 bridgehead atoms. The van der Waals surface area contributed by atoms with E-state index in [1.807, 2.05) is 4.90 Å². The van der Waals surface area contributed by atoms with Crippen LogP contribution in [-0.4, -0.2) is 136 Å². The summed E-state index contributed by atoms with van der Waals surface area (Å²) in [7, 11) is 0. The van der Waals surface area contributed by atoms with Crippen LogP contribution >= 0.6 is 11.6 Å². The Kier molecular flexibility index (Phi) is 13.2. The molecule has 2 aliphatic heterocycles. The second-order valence-electron chi connectivity index (χ2n) is 12.3. The van der Waals surface area contributed by atoms with Gasteiger partial charge in [-0.25, -0.2) is 15.6 Å². The molecule has 3 amide bonds. The third-order valence-electron chi connectivity index (χ3n) is 7.48. The highest BCUT2D eigenvalue weighted by molar-refractivity contribution is 6.32. The van der Waals surface area contributed by atoms with Crippen LogP contribution < -0.4 is 16.9 Å². The van der Waals surface area contributed by atoms with Gasteiger partial charge in [-0.05, 0) is 64.8 Å². The topological polar surface area (TPSA) is 191 Å². The Labute approximate surface area is 269 Å². The molecule has 1 aromatic rings. The SMILES string of the molecule is CC(C)(C)OC(=O)N(CCN(N)/C=C\N)CC(=O)Nc1ccc(C(=O)N2CCN(CC3CCN(CC(=O)O)CC3)CC2)nc1Cl. The monoisotopic (exact) mass is 651 g/mol. The summed E-state index contributed by atoms with van der Waals surface area (Å²) in [6.45, 7) is 10.3. The fraction of sp³-hybridized carbons (Fsp3) is 0.621. The number of aliphatic carboxylic acids is 1. The number of hydrazine groups is 1. The van der Waals surface area contributed by atoms with Crippen molar-refractivity contribution in [3.63, 3.8) is 0 Å². The zero-order valence-corrected chi connectivity index (χ0v) is 27.0. The number of piperidine rings is 1. The third-order valence-corrected chi connectivity index (χ3v) is 7.76. The third kappa shape index (κ3) is 12.0. The lowest BCUT2D eigenvalue weighted by molar-refractivity contribution is -0.138. The van der Waals surface area contributed by atoms with Crippen LogP contribution in [-0.2, 0) is 14.3 Å². The fourth-order valence-corrected chi connectivity index (χ4v) is 5.37. The van der Waals surface area contributed by atoms with Crippen LogP contribution in [0.3, 0.4) is 0 Å². The molecule has 0 atom stereocenters. The Morgan fingerprint density at radius 3 is 2.33 bits per heavy atom. The molecule has 2 aliphatic rings. The number of nitrogens with one attached hydrogen (secondary N) is 1. The molecule has 1 aromatic heterocycles. The lowest BCUT2D eigenvalue weighted by Gasteiger charge is -2.38. The van der Waals surface area contributed by atoms with E-state index in [-0.39, 0.29) is 48.6 Å². The summed E-state index contributed by atoms with van der Waals surface area (Å²) in [5, 5.41) is 12.9. The van der Waals surface area contributed by atoms with Gasteiger partial charge in [-0.15, -0.1) is 0 Å². The molecule has 0 aliphatic carbocycles. The van der Waals surface area contributed by atoms with E-state index in [2.05, 4.69) is 15.2 Å². The number of hydrogen-bond acceptors (Lipinski definition) is 11. The van der Waals surface area contributed by atoms with Crippen molar-refractivity contribution in [2.75, 3.05) is 77.3 Å². The number of carboxylic acid groups (broad SMARTS) is 1. The molecule has 250 valence electrons. The first kappa shape index (κ1) is 35.8. The molecule has 3 heterocycles. The number of hydrogen-bond donors (Lipinski definition) is 4. The van der Waals surface area contributed by atoms with E-state index < -0.39 is 23.6 Å². The molecule has 0 saturated carbocycles. The van der Waals surface area contributed by atoms with E-state index in [1.54, 1.807) is 25.7 Å².